The molecule has 1 aliphatic heterocycles. The number of hydrogen-bond acceptors (Lipinski definition) is 4. The van der Waals surface area contributed by atoms with Crippen molar-refractivity contribution in [1.29, 1.82) is 0 Å². The summed E-state index contributed by atoms with van der Waals surface area (Å²) in [6.45, 7) is 1.56. The van der Waals surface area contributed by atoms with Gasteiger partial charge in [0.15, 0.2) is 0 Å². The number of carbonyl (C=O) groups is 1. The van der Waals surface area contributed by atoms with Crippen LogP contribution in [0.25, 0.3) is 10.9 Å². The highest BCUT2D eigenvalue weighted by atomic mass is 16.5. The number of nitrogens with zero attached hydrogens (tertiary/aromatic N) is 3. The van der Waals surface area contributed by atoms with Crippen LogP contribution in [0, 0.1) is 0 Å². The Morgan fingerprint density at radius 3 is 3.09 bits per heavy atom. The molecule has 1 aliphatic rings. The predicted molar refractivity (Wildman–Crippen MR) is 84.9 cm³/mol. The number of ether oxygens (including phenoxy) is 1. The van der Waals surface area contributed by atoms with Crippen molar-refractivity contribution >= 4 is 16.8 Å². The Kier molecular flexibility index (Phi) is 3.51. The fraction of sp³-hybridized carbons (Fsp3) is 0.235. The van der Waals surface area contributed by atoms with Crippen LogP contribution in [0.3, 0.4) is 0 Å². The summed E-state index contributed by atoms with van der Waals surface area (Å²) in [5.74, 6) is -0.0360. The van der Waals surface area contributed by atoms with Crippen molar-refractivity contribution in [1.82, 2.24) is 20.1 Å². The molecule has 116 valence electrons. The first-order valence-corrected chi connectivity index (χ1v) is 7.56. The van der Waals surface area contributed by atoms with Gasteiger partial charge < -0.3 is 9.64 Å². The zero-order valence-corrected chi connectivity index (χ0v) is 12.5. The minimum Gasteiger partial charge on any atom is -0.377 e. The van der Waals surface area contributed by atoms with Crippen LogP contribution in [0.15, 0.2) is 48.8 Å². The van der Waals surface area contributed by atoms with Crippen molar-refractivity contribution in [3.05, 3.63) is 60.0 Å². The van der Waals surface area contributed by atoms with E-state index in [0.29, 0.717) is 25.3 Å². The second-order valence-electron chi connectivity index (χ2n) is 5.52. The molecule has 2 aromatic heterocycles. The third-order valence-electron chi connectivity index (χ3n) is 4.11. The van der Waals surface area contributed by atoms with Gasteiger partial charge in [-0.1, -0.05) is 18.2 Å². The number of H-pyrrole nitrogens is 1. The number of pyridine rings is 1. The van der Waals surface area contributed by atoms with E-state index < -0.39 is 0 Å². The molecule has 6 heteroatoms. The monoisotopic (exact) mass is 308 g/mol. The van der Waals surface area contributed by atoms with Crippen LogP contribution in [-0.2, 0) is 4.74 Å². The van der Waals surface area contributed by atoms with Crippen LogP contribution >= 0.6 is 0 Å². The van der Waals surface area contributed by atoms with Gasteiger partial charge >= 0.3 is 0 Å². The topological polar surface area (TPSA) is 71.1 Å². The first-order valence-electron chi connectivity index (χ1n) is 7.56. The number of aromatic nitrogens is 3. The lowest BCUT2D eigenvalue weighted by Gasteiger charge is -2.35. The lowest BCUT2D eigenvalue weighted by molar-refractivity contribution is -0.00392. The van der Waals surface area contributed by atoms with Crippen molar-refractivity contribution in [3.63, 3.8) is 0 Å². The van der Waals surface area contributed by atoms with Crippen molar-refractivity contribution in [3.8, 4) is 0 Å². The number of aromatic amines is 1. The average molecular weight is 308 g/mol. The van der Waals surface area contributed by atoms with E-state index in [0.717, 1.165) is 16.6 Å². The lowest BCUT2D eigenvalue weighted by Crippen LogP contribution is -2.43. The van der Waals surface area contributed by atoms with Crippen LogP contribution in [0.2, 0.25) is 0 Å². The molecule has 1 saturated heterocycles. The first-order chi connectivity index (χ1) is 11.3. The Hall–Kier alpha value is -2.73. The van der Waals surface area contributed by atoms with Crippen LogP contribution in [-0.4, -0.2) is 45.7 Å². The van der Waals surface area contributed by atoms with Crippen LogP contribution in [0.4, 0.5) is 0 Å². The molecule has 4 rings (SSSR count). The summed E-state index contributed by atoms with van der Waals surface area (Å²) in [4.78, 5) is 19.2. The molecule has 0 aliphatic carbocycles. The SMILES string of the molecule is O=C(c1cnc2ccccc2c1)N1CCOC[C@@H]1c1ccn[nH]1. The summed E-state index contributed by atoms with van der Waals surface area (Å²) in [6.07, 6.45) is 3.33. The van der Waals surface area contributed by atoms with E-state index in [4.69, 9.17) is 4.74 Å². The summed E-state index contributed by atoms with van der Waals surface area (Å²) in [6, 6.07) is 11.4. The molecule has 1 fully saturated rings. The van der Waals surface area contributed by atoms with Gasteiger partial charge in [0.1, 0.15) is 0 Å². The van der Waals surface area contributed by atoms with Crippen molar-refractivity contribution in [2.24, 2.45) is 0 Å². The Morgan fingerprint density at radius 2 is 2.22 bits per heavy atom. The van der Waals surface area contributed by atoms with Gasteiger partial charge in [-0.05, 0) is 18.2 Å². The molecule has 0 radical (unpaired) electrons. The number of benzene rings is 1. The summed E-state index contributed by atoms with van der Waals surface area (Å²) < 4.78 is 5.54. The molecular formula is C17H16N4O2. The smallest absolute Gasteiger partial charge is 0.256 e. The molecular weight excluding hydrogens is 292 g/mol. The number of carbonyl (C=O) groups excluding carboxylic acids is 1. The molecule has 0 spiro atoms. The van der Waals surface area contributed by atoms with Gasteiger partial charge in [0.2, 0.25) is 0 Å². The van der Waals surface area contributed by atoms with Crippen LogP contribution < -0.4 is 0 Å². The Balaban J connectivity index is 1.67. The Morgan fingerprint density at radius 1 is 1.30 bits per heavy atom. The average Bonchev–Trinajstić information content (AvgIpc) is 3.15. The first kappa shape index (κ1) is 13.9. The lowest BCUT2D eigenvalue weighted by atomic mass is 10.1. The molecule has 6 nitrogen and oxygen atoms in total. The number of fused-ring (bicyclic) bond motifs is 1. The van der Waals surface area contributed by atoms with E-state index in [2.05, 4.69) is 15.2 Å². The number of rotatable bonds is 2. The highest BCUT2D eigenvalue weighted by Crippen LogP contribution is 2.25. The number of nitrogens with one attached hydrogen (secondary N) is 1. The maximum atomic E-state index is 12.9. The molecule has 0 unspecified atom stereocenters. The zero-order valence-electron chi connectivity index (χ0n) is 12.5. The number of amides is 1. The molecule has 0 saturated carbocycles. The van der Waals surface area contributed by atoms with E-state index in [1.807, 2.05) is 41.3 Å². The molecule has 3 aromatic rings. The fourth-order valence-corrected chi connectivity index (χ4v) is 2.91. The van der Waals surface area contributed by atoms with Crippen LogP contribution in [0.1, 0.15) is 22.1 Å². The van der Waals surface area contributed by atoms with Gasteiger partial charge in [0.25, 0.3) is 5.91 Å². The summed E-state index contributed by atoms with van der Waals surface area (Å²) in [5, 5.41) is 7.87. The second kappa shape index (κ2) is 5.81. The standard InChI is InChI=1S/C17H16N4O2/c22-17(13-9-12-3-1-2-4-14(12)18-10-13)21-7-8-23-11-16(21)15-5-6-19-20-15/h1-6,9-10,16H,7-8,11H2,(H,19,20)/t16-/m1/s1. The van der Waals surface area contributed by atoms with E-state index >= 15 is 0 Å². The molecule has 1 aromatic carbocycles. The van der Waals surface area contributed by atoms with Gasteiger partial charge in [-0.3, -0.25) is 14.9 Å². The Bertz CT molecular complexity index is 831. The second-order valence-corrected chi connectivity index (χ2v) is 5.52. The number of morpholine rings is 1. The maximum Gasteiger partial charge on any atom is 0.256 e. The summed E-state index contributed by atoms with van der Waals surface area (Å²) in [7, 11) is 0. The van der Waals surface area contributed by atoms with E-state index in [-0.39, 0.29) is 11.9 Å². The van der Waals surface area contributed by atoms with E-state index in [1.54, 1.807) is 12.4 Å². The minimum absolute atomic E-state index is 0.0360. The molecule has 23 heavy (non-hydrogen) atoms. The molecule has 1 amide bonds. The van der Waals surface area contributed by atoms with Crippen molar-refractivity contribution < 1.29 is 9.53 Å². The largest absolute Gasteiger partial charge is 0.377 e. The minimum atomic E-state index is -0.148. The summed E-state index contributed by atoms with van der Waals surface area (Å²) in [5.41, 5.74) is 2.36. The zero-order chi connectivity index (χ0) is 15.6. The third kappa shape index (κ3) is 2.57. The van der Waals surface area contributed by atoms with Gasteiger partial charge in [-0.15, -0.1) is 0 Å². The maximum absolute atomic E-state index is 12.9. The Labute approximate surface area is 133 Å². The van der Waals surface area contributed by atoms with Gasteiger partial charge in [0, 0.05) is 24.3 Å². The number of para-hydroxylation sites is 1. The quantitative estimate of drug-likeness (QED) is 0.787. The number of hydrogen-bond donors (Lipinski definition) is 1. The van der Waals surface area contributed by atoms with Gasteiger partial charge in [0.05, 0.1) is 36.0 Å². The molecule has 1 N–H and O–H groups in total. The summed E-state index contributed by atoms with van der Waals surface area (Å²) >= 11 is 0. The third-order valence-corrected chi connectivity index (χ3v) is 4.11. The molecule has 0 bridgehead atoms. The fourth-order valence-electron chi connectivity index (χ4n) is 2.91. The van der Waals surface area contributed by atoms with Crippen molar-refractivity contribution in [2.75, 3.05) is 19.8 Å². The van der Waals surface area contributed by atoms with E-state index in [1.165, 1.54) is 0 Å². The predicted octanol–water partition coefficient (Wildman–Crippen LogP) is 2.17. The normalized spacial score (nSPS) is 18.3. The van der Waals surface area contributed by atoms with Crippen molar-refractivity contribution in [2.45, 2.75) is 6.04 Å². The molecule has 3 heterocycles. The van der Waals surface area contributed by atoms with E-state index in [9.17, 15) is 4.79 Å². The molecule has 1 atom stereocenters. The highest BCUT2D eigenvalue weighted by molar-refractivity contribution is 5.97. The van der Waals surface area contributed by atoms with Crippen LogP contribution in [0.5, 0.6) is 0 Å². The highest BCUT2D eigenvalue weighted by Gasteiger charge is 2.30. The van der Waals surface area contributed by atoms with Gasteiger partial charge in [-0.25, -0.2) is 0 Å². The van der Waals surface area contributed by atoms with Gasteiger partial charge in [-0.2, -0.15) is 5.10 Å².